The number of aliphatic hydroxyl groups excluding tert-OH is 1. The fourth-order valence-corrected chi connectivity index (χ4v) is 7.86. The third-order valence-corrected chi connectivity index (χ3v) is 12.1. The second-order valence-electron chi connectivity index (χ2n) is 17.4. The molecule has 4 rings (SSSR count). The van der Waals surface area contributed by atoms with Crippen molar-refractivity contribution in [1.82, 2.24) is 41.9 Å². The number of hydrogen-bond acceptors (Lipinski definition) is 11. The van der Waals surface area contributed by atoms with E-state index in [-0.39, 0.29) is 56.0 Å². The topological polar surface area (TPSA) is 256 Å². The predicted octanol–water partition coefficient (Wildman–Crippen LogP) is 4.36. The highest BCUT2D eigenvalue weighted by atomic mass is 16.5. The van der Waals surface area contributed by atoms with E-state index in [0.29, 0.717) is 55.7 Å². The summed E-state index contributed by atoms with van der Waals surface area (Å²) in [5.41, 5.74) is 9.54. The molecule has 360 valence electrons. The Hall–Kier alpha value is -6.10. The molecular weight excluding hydrogens is 843 g/mol. The van der Waals surface area contributed by atoms with Crippen molar-refractivity contribution in [3.8, 4) is 0 Å². The number of nitrogens with one attached hydrogen (secondary N) is 6. The number of alkyl carbamates (subject to hydrolysis) is 1. The molecule has 5 atom stereocenters. The SMILES string of the molecule is CC[C@@H](C)[C@H](NC(=O)C[C@@H](O)[C@@H](CC1CCCCC1)NC(=O)CNC(=O)[C@H](Cc1ccccc1)NC(=O)CCCCCNC(=O)OCc1ccccc1)C(=O)NCc1nc(C)c(C)nc1N. The highest BCUT2D eigenvalue weighted by molar-refractivity contribution is 5.91. The predicted molar refractivity (Wildman–Crippen MR) is 251 cm³/mol. The number of unbranched alkanes of at least 4 members (excludes halogenated alkanes) is 2. The first-order valence-corrected chi connectivity index (χ1v) is 23.4. The summed E-state index contributed by atoms with van der Waals surface area (Å²) < 4.78 is 5.23. The third-order valence-electron chi connectivity index (χ3n) is 12.1. The minimum absolute atomic E-state index is 0.0199. The van der Waals surface area contributed by atoms with E-state index in [0.717, 1.165) is 43.2 Å². The number of rotatable bonds is 26. The van der Waals surface area contributed by atoms with Gasteiger partial charge in [0.25, 0.3) is 0 Å². The van der Waals surface area contributed by atoms with Crippen LogP contribution >= 0.6 is 0 Å². The van der Waals surface area contributed by atoms with E-state index in [9.17, 15) is 33.9 Å². The average Bonchev–Trinajstić information content (AvgIpc) is 3.31. The lowest BCUT2D eigenvalue weighted by atomic mass is 9.83. The number of carbonyl (C=O) groups is 6. The number of aliphatic hydroxyl groups is 1. The standard InChI is InChI=1S/C49H71N9O8/c1-5-32(2)45(48(64)52-29-40-46(50)55-34(4)33(3)54-40)58-43(61)28-41(59)38(26-35-18-10-6-11-19-35)56-44(62)30-53-47(63)39(27-36-20-12-7-13-21-36)57-42(60)24-16-9-17-25-51-49(65)66-31-37-22-14-8-15-23-37/h7-8,12-15,20-23,32,35,38-39,41,45,59H,5-6,9-11,16-19,24-31H2,1-4H3,(H2,50,55)(H,51,65)(H,52,64)(H,53,63)(H,56,62)(H,57,60)(H,58,61)/t32-,38-,39+,41-,45+/m1/s1. The number of amides is 6. The Bertz CT molecular complexity index is 2020. The second-order valence-corrected chi connectivity index (χ2v) is 17.4. The average molecular weight is 914 g/mol. The van der Waals surface area contributed by atoms with Gasteiger partial charge < -0.3 is 47.5 Å². The molecule has 1 fully saturated rings. The molecule has 0 radical (unpaired) electrons. The normalized spacial score (nSPS) is 14.9. The van der Waals surface area contributed by atoms with Crippen LogP contribution in [-0.2, 0) is 48.3 Å². The van der Waals surface area contributed by atoms with E-state index < -0.39 is 60.5 Å². The molecule has 2 aromatic carbocycles. The number of aromatic nitrogens is 2. The number of nitrogens with two attached hydrogens (primary N) is 1. The first-order chi connectivity index (χ1) is 31.7. The summed E-state index contributed by atoms with van der Waals surface area (Å²) >= 11 is 0. The van der Waals surface area contributed by atoms with Crippen LogP contribution in [0.3, 0.4) is 0 Å². The first-order valence-electron chi connectivity index (χ1n) is 23.4. The molecule has 6 amide bonds. The summed E-state index contributed by atoms with van der Waals surface area (Å²) in [5.74, 6) is -2.24. The molecule has 0 saturated heterocycles. The van der Waals surface area contributed by atoms with Gasteiger partial charge in [0.15, 0.2) is 0 Å². The highest BCUT2D eigenvalue weighted by Gasteiger charge is 2.31. The Kier molecular flexibility index (Phi) is 22.3. The maximum atomic E-state index is 13.6. The molecule has 17 nitrogen and oxygen atoms in total. The minimum Gasteiger partial charge on any atom is -0.445 e. The molecule has 0 spiro atoms. The Balaban J connectivity index is 1.29. The number of nitrogens with zero attached hydrogens (tertiary/aromatic N) is 2. The van der Waals surface area contributed by atoms with Gasteiger partial charge in [-0.3, -0.25) is 29.0 Å². The lowest BCUT2D eigenvalue weighted by Gasteiger charge is -2.31. The molecule has 0 aliphatic heterocycles. The van der Waals surface area contributed by atoms with Crippen molar-refractivity contribution >= 4 is 41.4 Å². The maximum absolute atomic E-state index is 13.6. The van der Waals surface area contributed by atoms with Crippen LogP contribution in [0.25, 0.3) is 0 Å². The fourth-order valence-electron chi connectivity index (χ4n) is 7.86. The van der Waals surface area contributed by atoms with Gasteiger partial charge in [0.05, 0.1) is 43.0 Å². The number of hydrogen-bond donors (Lipinski definition) is 8. The summed E-state index contributed by atoms with van der Waals surface area (Å²) in [6.45, 7) is 7.51. The molecule has 66 heavy (non-hydrogen) atoms. The Labute approximate surface area is 389 Å². The molecule has 1 aliphatic rings. The van der Waals surface area contributed by atoms with Crippen molar-refractivity contribution in [1.29, 1.82) is 0 Å². The summed E-state index contributed by atoms with van der Waals surface area (Å²) in [5, 5.41) is 28.2. The zero-order valence-electron chi connectivity index (χ0n) is 39.0. The molecule has 9 N–H and O–H groups in total. The van der Waals surface area contributed by atoms with E-state index >= 15 is 0 Å². The first kappa shape index (κ1) is 52.5. The number of nitrogen functional groups attached to an aromatic ring is 1. The molecule has 0 unspecified atom stereocenters. The van der Waals surface area contributed by atoms with E-state index in [1.807, 2.05) is 74.5 Å². The van der Waals surface area contributed by atoms with Crippen molar-refractivity contribution in [3.05, 3.63) is 88.9 Å². The zero-order chi connectivity index (χ0) is 47.8. The van der Waals surface area contributed by atoms with Gasteiger partial charge in [0.1, 0.15) is 30.2 Å². The van der Waals surface area contributed by atoms with Gasteiger partial charge in [0.2, 0.25) is 29.5 Å². The van der Waals surface area contributed by atoms with Crippen LogP contribution < -0.4 is 37.6 Å². The summed E-state index contributed by atoms with van der Waals surface area (Å²) in [4.78, 5) is 87.8. The molecule has 3 aromatic rings. The third kappa shape index (κ3) is 18.8. The lowest BCUT2D eigenvalue weighted by molar-refractivity contribution is -0.132. The van der Waals surface area contributed by atoms with Crippen LogP contribution in [0.5, 0.6) is 0 Å². The van der Waals surface area contributed by atoms with Gasteiger partial charge in [-0.1, -0.05) is 119 Å². The molecule has 1 aliphatic carbocycles. The summed E-state index contributed by atoms with van der Waals surface area (Å²) in [7, 11) is 0. The van der Waals surface area contributed by atoms with Gasteiger partial charge >= 0.3 is 6.09 Å². The van der Waals surface area contributed by atoms with Crippen molar-refractivity contribution in [2.75, 3.05) is 18.8 Å². The zero-order valence-corrected chi connectivity index (χ0v) is 39.0. The smallest absolute Gasteiger partial charge is 0.407 e. The van der Waals surface area contributed by atoms with Crippen LogP contribution in [0.1, 0.15) is 119 Å². The maximum Gasteiger partial charge on any atom is 0.407 e. The van der Waals surface area contributed by atoms with E-state index in [4.69, 9.17) is 10.5 Å². The van der Waals surface area contributed by atoms with Crippen molar-refractivity contribution in [2.45, 2.75) is 149 Å². The monoisotopic (exact) mass is 914 g/mol. The van der Waals surface area contributed by atoms with Crippen LogP contribution in [0, 0.1) is 25.7 Å². The van der Waals surface area contributed by atoms with Crippen LogP contribution in [0.4, 0.5) is 10.6 Å². The van der Waals surface area contributed by atoms with E-state index in [1.54, 1.807) is 13.8 Å². The number of aryl methyl sites for hydroxylation is 2. The largest absolute Gasteiger partial charge is 0.445 e. The molecule has 1 saturated carbocycles. The number of anilines is 1. The number of benzene rings is 2. The van der Waals surface area contributed by atoms with Gasteiger partial charge in [-0.25, -0.2) is 9.78 Å². The van der Waals surface area contributed by atoms with Crippen LogP contribution in [0.2, 0.25) is 0 Å². The summed E-state index contributed by atoms with van der Waals surface area (Å²) in [6, 6.07) is 15.9. The van der Waals surface area contributed by atoms with Crippen molar-refractivity contribution < 1.29 is 38.6 Å². The Morgan fingerprint density at radius 1 is 0.773 bits per heavy atom. The van der Waals surface area contributed by atoms with E-state index in [2.05, 4.69) is 41.9 Å². The van der Waals surface area contributed by atoms with Crippen molar-refractivity contribution in [2.24, 2.45) is 11.8 Å². The quantitative estimate of drug-likeness (QED) is 0.0525. The van der Waals surface area contributed by atoms with Crippen LogP contribution in [-0.4, -0.2) is 88.0 Å². The fraction of sp³-hybridized carbons (Fsp3) is 0.551. The van der Waals surface area contributed by atoms with Gasteiger partial charge in [-0.15, -0.1) is 0 Å². The Morgan fingerprint density at radius 2 is 1.44 bits per heavy atom. The molecule has 1 aromatic heterocycles. The van der Waals surface area contributed by atoms with Crippen LogP contribution in [0.15, 0.2) is 60.7 Å². The Morgan fingerprint density at radius 3 is 2.12 bits per heavy atom. The molecule has 17 heteroatoms. The molecular formula is C49H71N9O8. The van der Waals surface area contributed by atoms with Crippen molar-refractivity contribution in [3.63, 3.8) is 0 Å². The molecule has 0 bridgehead atoms. The minimum atomic E-state index is -1.29. The lowest BCUT2D eigenvalue weighted by Crippen LogP contribution is -2.53. The van der Waals surface area contributed by atoms with Gasteiger partial charge in [0, 0.05) is 19.4 Å². The second kappa shape index (κ2) is 28.1. The van der Waals surface area contributed by atoms with E-state index in [1.165, 1.54) is 0 Å². The summed E-state index contributed by atoms with van der Waals surface area (Å²) in [6.07, 6.45) is 6.04. The number of carbonyl (C=O) groups excluding carboxylic acids is 6. The number of ether oxygens (including phenoxy) is 1. The van der Waals surface area contributed by atoms with Gasteiger partial charge in [-0.05, 0) is 56.1 Å². The highest BCUT2D eigenvalue weighted by Crippen LogP contribution is 2.28. The molecule has 1 heterocycles. The van der Waals surface area contributed by atoms with Gasteiger partial charge in [-0.2, -0.15) is 0 Å².